The molecule has 5 heteroatoms. The minimum absolute atomic E-state index is 0.881. The zero-order valence-electron chi connectivity index (χ0n) is 13.7. The average Bonchev–Trinajstić information content (AvgIpc) is 3.14. The van der Waals surface area contributed by atoms with E-state index < -0.39 is 0 Å². The van der Waals surface area contributed by atoms with Gasteiger partial charge in [0.15, 0.2) is 0 Å². The fraction of sp³-hybridized carbons (Fsp3) is 0.263. The van der Waals surface area contributed by atoms with Gasteiger partial charge >= 0.3 is 0 Å². The van der Waals surface area contributed by atoms with E-state index in [4.69, 9.17) is 0 Å². The predicted octanol–water partition coefficient (Wildman–Crippen LogP) is 3.43. The SMILES string of the molecule is c1ccc(CCNc2ccc(NCCCn3cncn3)cc2)cc1. The maximum absolute atomic E-state index is 4.09. The molecule has 0 fully saturated rings. The van der Waals surface area contributed by atoms with Crippen LogP contribution >= 0.6 is 0 Å². The zero-order valence-corrected chi connectivity index (χ0v) is 13.7. The molecular weight excluding hydrogens is 298 g/mol. The third kappa shape index (κ3) is 5.12. The lowest BCUT2D eigenvalue weighted by Crippen LogP contribution is -2.07. The highest BCUT2D eigenvalue weighted by atomic mass is 15.3. The summed E-state index contributed by atoms with van der Waals surface area (Å²) in [5.74, 6) is 0. The van der Waals surface area contributed by atoms with Gasteiger partial charge in [0.1, 0.15) is 12.7 Å². The second-order valence-corrected chi connectivity index (χ2v) is 5.68. The minimum atomic E-state index is 0.881. The molecule has 2 N–H and O–H groups in total. The van der Waals surface area contributed by atoms with E-state index in [0.29, 0.717) is 0 Å². The van der Waals surface area contributed by atoms with E-state index >= 15 is 0 Å². The standard InChI is InChI=1S/C19H23N5/c1-2-5-17(6-3-1)11-13-22-19-9-7-18(8-10-19)21-12-4-14-24-16-20-15-23-24/h1-3,5-10,15-16,21-22H,4,11-14H2. The summed E-state index contributed by atoms with van der Waals surface area (Å²) in [4.78, 5) is 3.94. The van der Waals surface area contributed by atoms with Gasteiger partial charge in [-0.15, -0.1) is 0 Å². The molecular formula is C19H23N5. The average molecular weight is 321 g/mol. The normalized spacial score (nSPS) is 10.5. The molecule has 24 heavy (non-hydrogen) atoms. The molecule has 0 unspecified atom stereocenters. The van der Waals surface area contributed by atoms with Crippen molar-refractivity contribution < 1.29 is 0 Å². The van der Waals surface area contributed by atoms with Crippen LogP contribution in [0.25, 0.3) is 0 Å². The number of aromatic nitrogens is 3. The molecule has 0 saturated heterocycles. The van der Waals surface area contributed by atoms with E-state index in [0.717, 1.165) is 43.9 Å². The van der Waals surface area contributed by atoms with Crippen molar-refractivity contribution in [2.75, 3.05) is 23.7 Å². The summed E-state index contributed by atoms with van der Waals surface area (Å²) in [5.41, 5.74) is 3.65. The maximum atomic E-state index is 4.09. The Labute approximate surface area is 142 Å². The highest BCUT2D eigenvalue weighted by molar-refractivity contribution is 5.53. The number of anilines is 2. The Morgan fingerprint density at radius 1 is 0.833 bits per heavy atom. The summed E-state index contributed by atoms with van der Waals surface area (Å²) in [6, 6.07) is 19.0. The number of hydrogen-bond donors (Lipinski definition) is 2. The van der Waals surface area contributed by atoms with Crippen molar-refractivity contribution in [2.45, 2.75) is 19.4 Å². The van der Waals surface area contributed by atoms with Gasteiger partial charge in [0.25, 0.3) is 0 Å². The van der Waals surface area contributed by atoms with Crippen molar-refractivity contribution in [1.29, 1.82) is 0 Å². The highest BCUT2D eigenvalue weighted by Crippen LogP contribution is 2.13. The van der Waals surface area contributed by atoms with Gasteiger partial charge in [0.05, 0.1) is 0 Å². The van der Waals surface area contributed by atoms with E-state index in [1.807, 2.05) is 4.68 Å². The molecule has 124 valence electrons. The van der Waals surface area contributed by atoms with E-state index in [-0.39, 0.29) is 0 Å². The molecule has 0 aliphatic rings. The number of rotatable bonds is 9. The van der Waals surface area contributed by atoms with E-state index in [1.54, 1.807) is 12.7 Å². The van der Waals surface area contributed by atoms with Gasteiger partial charge in [-0.3, -0.25) is 4.68 Å². The molecule has 0 saturated carbocycles. The topological polar surface area (TPSA) is 54.8 Å². The Balaban J connectivity index is 1.35. The number of hydrogen-bond acceptors (Lipinski definition) is 4. The maximum Gasteiger partial charge on any atom is 0.137 e. The van der Waals surface area contributed by atoms with Crippen LogP contribution in [0.3, 0.4) is 0 Å². The van der Waals surface area contributed by atoms with Crippen LogP contribution in [0.5, 0.6) is 0 Å². The summed E-state index contributed by atoms with van der Waals surface area (Å²) >= 11 is 0. The molecule has 0 amide bonds. The number of aryl methyl sites for hydroxylation is 1. The summed E-state index contributed by atoms with van der Waals surface area (Å²) in [5, 5.41) is 11.0. The largest absolute Gasteiger partial charge is 0.385 e. The van der Waals surface area contributed by atoms with Crippen molar-refractivity contribution in [2.24, 2.45) is 0 Å². The molecule has 0 aliphatic carbocycles. The van der Waals surface area contributed by atoms with Crippen LogP contribution in [-0.2, 0) is 13.0 Å². The molecule has 5 nitrogen and oxygen atoms in total. The van der Waals surface area contributed by atoms with Crippen molar-refractivity contribution in [1.82, 2.24) is 14.8 Å². The molecule has 0 spiro atoms. The predicted molar refractivity (Wildman–Crippen MR) is 98.2 cm³/mol. The number of benzene rings is 2. The van der Waals surface area contributed by atoms with Crippen molar-refractivity contribution in [3.05, 3.63) is 72.8 Å². The van der Waals surface area contributed by atoms with E-state index in [9.17, 15) is 0 Å². The van der Waals surface area contributed by atoms with Gasteiger partial charge in [-0.2, -0.15) is 5.10 Å². The fourth-order valence-electron chi connectivity index (χ4n) is 2.52. The molecule has 3 aromatic rings. The van der Waals surface area contributed by atoms with Crippen LogP contribution in [0.4, 0.5) is 11.4 Å². The van der Waals surface area contributed by atoms with Crippen LogP contribution in [0.1, 0.15) is 12.0 Å². The van der Waals surface area contributed by atoms with Crippen molar-refractivity contribution in [3.63, 3.8) is 0 Å². The molecule has 0 radical (unpaired) electrons. The number of nitrogens with zero attached hydrogens (tertiary/aromatic N) is 3. The highest BCUT2D eigenvalue weighted by Gasteiger charge is 1.96. The minimum Gasteiger partial charge on any atom is -0.385 e. The van der Waals surface area contributed by atoms with Crippen LogP contribution < -0.4 is 10.6 Å². The van der Waals surface area contributed by atoms with E-state index in [2.05, 4.69) is 75.3 Å². The third-order valence-corrected chi connectivity index (χ3v) is 3.83. The molecule has 0 atom stereocenters. The first kappa shape index (κ1) is 16.1. The smallest absolute Gasteiger partial charge is 0.137 e. The van der Waals surface area contributed by atoms with Crippen LogP contribution in [0.2, 0.25) is 0 Å². The van der Waals surface area contributed by atoms with Crippen LogP contribution in [0.15, 0.2) is 67.3 Å². The van der Waals surface area contributed by atoms with Gasteiger partial charge in [0.2, 0.25) is 0 Å². The van der Waals surface area contributed by atoms with Gasteiger partial charge in [-0.05, 0) is 42.7 Å². The molecule has 1 aromatic heterocycles. The Morgan fingerprint density at radius 3 is 2.21 bits per heavy atom. The monoisotopic (exact) mass is 321 g/mol. The second-order valence-electron chi connectivity index (χ2n) is 5.68. The zero-order chi connectivity index (χ0) is 16.5. The second kappa shape index (κ2) is 8.72. The van der Waals surface area contributed by atoms with Crippen molar-refractivity contribution in [3.8, 4) is 0 Å². The lowest BCUT2D eigenvalue weighted by atomic mass is 10.1. The summed E-state index contributed by atoms with van der Waals surface area (Å²) in [6.07, 6.45) is 5.36. The number of nitrogens with one attached hydrogen (secondary N) is 2. The third-order valence-electron chi connectivity index (χ3n) is 3.83. The van der Waals surface area contributed by atoms with Gasteiger partial charge in [0, 0.05) is 31.0 Å². The fourth-order valence-corrected chi connectivity index (χ4v) is 2.52. The Morgan fingerprint density at radius 2 is 1.54 bits per heavy atom. The first-order valence-corrected chi connectivity index (χ1v) is 8.34. The molecule has 3 rings (SSSR count). The Hall–Kier alpha value is -2.82. The molecule has 1 heterocycles. The summed E-state index contributed by atoms with van der Waals surface area (Å²) < 4.78 is 1.85. The molecule has 0 bridgehead atoms. The Bertz CT molecular complexity index is 692. The lowest BCUT2D eigenvalue weighted by Gasteiger charge is -2.09. The van der Waals surface area contributed by atoms with Gasteiger partial charge in [-0.1, -0.05) is 30.3 Å². The summed E-state index contributed by atoms with van der Waals surface area (Å²) in [6.45, 7) is 2.74. The van der Waals surface area contributed by atoms with Gasteiger partial charge in [-0.25, -0.2) is 4.98 Å². The van der Waals surface area contributed by atoms with Crippen LogP contribution in [-0.4, -0.2) is 27.9 Å². The molecule has 0 aliphatic heterocycles. The first-order valence-electron chi connectivity index (χ1n) is 8.34. The van der Waals surface area contributed by atoms with Crippen molar-refractivity contribution >= 4 is 11.4 Å². The van der Waals surface area contributed by atoms with E-state index in [1.165, 1.54) is 5.56 Å². The quantitative estimate of drug-likeness (QED) is 0.593. The van der Waals surface area contributed by atoms with Crippen LogP contribution in [0, 0.1) is 0 Å². The summed E-state index contributed by atoms with van der Waals surface area (Å²) in [7, 11) is 0. The van der Waals surface area contributed by atoms with Gasteiger partial charge < -0.3 is 10.6 Å². The first-order chi connectivity index (χ1) is 11.9. The lowest BCUT2D eigenvalue weighted by molar-refractivity contribution is 0.590. The Kier molecular flexibility index (Phi) is 5.83. The molecule has 2 aromatic carbocycles.